The second kappa shape index (κ2) is 17.0. The van der Waals surface area contributed by atoms with Gasteiger partial charge in [-0.25, -0.2) is 4.99 Å². The van der Waals surface area contributed by atoms with Crippen LogP contribution in [-0.2, 0) is 28.9 Å². The number of azide groups is 1. The van der Waals surface area contributed by atoms with Crippen molar-refractivity contribution in [2.75, 3.05) is 19.8 Å². The quantitative estimate of drug-likeness (QED) is 0.0482. The van der Waals surface area contributed by atoms with Crippen LogP contribution >= 0.6 is 15.9 Å². The smallest absolute Gasteiger partial charge is 0.252 e. The highest BCUT2D eigenvalue weighted by Gasteiger charge is 2.53. The molecule has 5 aromatic rings. The van der Waals surface area contributed by atoms with Crippen LogP contribution in [0, 0.1) is 0 Å². The predicted molar refractivity (Wildman–Crippen MR) is 202 cm³/mol. The van der Waals surface area contributed by atoms with Crippen LogP contribution in [0.3, 0.4) is 0 Å². The van der Waals surface area contributed by atoms with Crippen LogP contribution < -0.4 is 10.1 Å². The molecule has 2 atom stereocenters. The van der Waals surface area contributed by atoms with Gasteiger partial charge in [0, 0.05) is 40.9 Å². The predicted octanol–water partition coefficient (Wildman–Crippen LogP) is 8.55. The molecule has 0 bridgehead atoms. The lowest BCUT2D eigenvalue weighted by Gasteiger charge is -2.31. The molecule has 0 saturated heterocycles. The SMILES string of the molecule is [N-]=[N+]=NCc1ccccc1C[C@@]1(C(=O)NCCc2ccc(Br)cc2)N=C(c2ccc(OCCCO)cc2)O[C@@H]1c1ccc(-c2ccccc2)cc1. The lowest BCUT2D eigenvalue weighted by Crippen LogP contribution is -2.50. The molecular weight excluding hydrogens is 706 g/mol. The average molecular weight is 745 g/mol. The number of hydrogen-bond acceptors (Lipinski definition) is 6. The number of carbonyl (C=O) groups is 1. The van der Waals surface area contributed by atoms with E-state index in [-0.39, 0.29) is 25.5 Å². The van der Waals surface area contributed by atoms with E-state index in [1.165, 1.54) is 0 Å². The maximum atomic E-state index is 14.8. The van der Waals surface area contributed by atoms with Crippen molar-refractivity contribution in [1.29, 1.82) is 0 Å². The summed E-state index contributed by atoms with van der Waals surface area (Å²) in [7, 11) is 0. The summed E-state index contributed by atoms with van der Waals surface area (Å²) < 4.78 is 13.5. The first-order chi connectivity index (χ1) is 25.0. The van der Waals surface area contributed by atoms with Crippen LogP contribution in [0.1, 0.15) is 40.3 Å². The van der Waals surface area contributed by atoms with Crippen molar-refractivity contribution in [2.45, 2.75) is 37.5 Å². The number of rotatable bonds is 15. The molecule has 1 amide bonds. The van der Waals surface area contributed by atoms with Gasteiger partial charge in [0.15, 0.2) is 11.6 Å². The molecule has 1 heterocycles. The van der Waals surface area contributed by atoms with Gasteiger partial charge in [-0.1, -0.05) is 112 Å². The first kappa shape index (κ1) is 35.4. The lowest BCUT2D eigenvalue weighted by atomic mass is 9.80. The standard InChI is InChI=1S/C41H38BrN5O4/c42-36-19-11-29(12-20-36)23-24-44-40(49)41(27-34-9-4-5-10-35(34)28-45-47-43)38(32-15-13-31(14-16-32)30-7-2-1-3-8-30)51-39(46-41)33-17-21-37(22-18-33)50-26-6-25-48/h1-5,7-22,38,48H,6,23-28H2,(H,44,49)/t38-,41-/m1/s1. The summed E-state index contributed by atoms with van der Waals surface area (Å²) in [5, 5.41) is 16.2. The molecule has 6 rings (SSSR count). The maximum Gasteiger partial charge on any atom is 0.252 e. The number of amides is 1. The van der Waals surface area contributed by atoms with Gasteiger partial charge < -0.3 is 19.9 Å². The summed E-state index contributed by atoms with van der Waals surface area (Å²) in [5.41, 5.74) is 14.1. The molecule has 0 unspecified atom stereocenters. The Bertz CT molecular complexity index is 2000. The number of halogens is 1. The molecule has 0 saturated carbocycles. The van der Waals surface area contributed by atoms with E-state index in [1.54, 1.807) is 0 Å². The van der Waals surface area contributed by atoms with Gasteiger partial charge in [0.2, 0.25) is 5.90 Å². The Hall–Kier alpha value is -5.41. The van der Waals surface area contributed by atoms with E-state index in [4.69, 9.17) is 25.1 Å². The molecule has 1 aliphatic heterocycles. The molecule has 0 fully saturated rings. The van der Waals surface area contributed by atoms with Crippen LogP contribution in [0.4, 0.5) is 0 Å². The summed E-state index contributed by atoms with van der Waals surface area (Å²) in [6.45, 7) is 0.982. The second-order valence-electron chi connectivity index (χ2n) is 12.2. The first-order valence-electron chi connectivity index (χ1n) is 16.9. The van der Waals surface area contributed by atoms with Crippen molar-refractivity contribution in [3.63, 3.8) is 0 Å². The van der Waals surface area contributed by atoms with Gasteiger partial charge in [0.05, 0.1) is 13.2 Å². The Balaban J connectivity index is 1.41. The third-order valence-corrected chi connectivity index (χ3v) is 9.37. The number of aliphatic imine (C=N–C) groups is 1. The third-order valence-electron chi connectivity index (χ3n) is 8.85. The topological polar surface area (TPSA) is 129 Å². The summed E-state index contributed by atoms with van der Waals surface area (Å²) in [6.07, 6.45) is 0.584. The molecule has 10 heteroatoms. The number of aliphatic hydroxyl groups is 1. The lowest BCUT2D eigenvalue weighted by molar-refractivity contribution is -0.128. The highest BCUT2D eigenvalue weighted by molar-refractivity contribution is 9.10. The largest absolute Gasteiger partial charge is 0.494 e. The van der Waals surface area contributed by atoms with Gasteiger partial charge in [-0.15, -0.1) is 0 Å². The minimum absolute atomic E-state index is 0.0513. The zero-order chi connectivity index (χ0) is 35.5. The Kier molecular flexibility index (Phi) is 11.8. The minimum atomic E-state index is -1.41. The van der Waals surface area contributed by atoms with Crippen LogP contribution in [-0.4, -0.2) is 42.2 Å². The number of ether oxygens (including phenoxy) is 2. The van der Waals surface area contributed by atoms with E-state index in [2.05, 4.69) is 43.4 Å². The molecule has 1 aliphatic rings. The average Bonchev–Trinajstić information content (AvgIpc) is 3.56. The van der Waals surface area contributed by atoms with E-state index >= 15 is 0 Å². The normalized spacial score (nSPS) is 16.4. The van der Waals surface area contributed by atoms with E-state index in [1.807, 2.05) is 115 Å². The highest BCUT2D eigenvalue weighted by Crippen LogP contribution is 2.43. The van der Waals surface area contributed by atoms with Crippen molar-refractivity contribution in [2.24, 2.45) is 10.1 Å². The van der Waals surface area contributed by atoms with Gasteiger partial charge in [-0.3, -0.25) is 4.79 Å². The first-order valence-corrected chi connectivity index (χ1v) is 17.6. The van der Waals surface area contributed by atoms with Crippen molar-refractivity contribution >= 4 is 27.7 Å². The molecule has 2 N–H and O–H groups in total. The number of aliphatic hydroxyl groups excluding tert-OH is 1. The van der Waals surface area contributed by atoms with Crippen LogP contribution in [0.5, 0.6) is 5.75 Å². The third kappa shape index (κ3) is 8.67. The molecular formula is C41H38BrN5O4. The maximum absolute atomic E-state index is 14.8. The molecule has 258 valence electrons. The molecule has 51 heavy (non-hydrogen) atoms. The monoisotopic (exact) mass is 743 g/mol. The molecule has 0 aliphatic carbocycles. The van der Waals surface area contributed by atoms with E-state index in [0.29, 0.717) is 43.2 Å². The zero-order valence-electron chi connectivity index (χ0n) is 28.0. The Morgan fingerprint density at radius 1 is 0.882 bits per heavy atom. The number of carbonyl (C=O) groups excluding carboxylic acids is 1. The van der Waals surface area contributed by atoms with Crippen LogP contribution in [0.2, 0.25) is 0 Å². The van der Waals surface area contributed by atoms with Gasteiger partial charge in [0.1, 0.15) is 5.75 Å². The zero-order valence-corrected chi connectivity index (χ0v) is 29.6. The summed E-state index contributed by atoms with van der Waals surface area (Å²) in [5.74, 6) is 0.724. The molecule has 0 radical (unpaired) electrons. The highest BCUT2D eigenvalue weighted by atomic mass is 79.9. The Morgan fingerprint density at radius 2 is 1.55 bits per heavy atom. The number of nitrogens with one attached hydrogen (secondary N) is 1. The van der Waals surface area contributed by atoms with Crippen molar-refractivity contribution < 1.29 is 19.4 Å². The fourth-order valence-electron chi connectivity index (χ4n) is 6.17. The Labute approximate surface area is 305 Å². The van der Waals surface area contributed by atoms with Gasteiger partial charge in [-0.2, -0.15) is 0 Å². The van der Waals surface area contributed by atoms with E-state index < -0.39 is 11.6 Å². The molecule has 0 spiro atoms. The van der Waals surface area contributed by atoms with Gasteiger partial charge >= 0.3 is 0 Å². The summed E-state index contributed by atoms with van der Waals surface area (Å²) in [4.78, 5) is 22.9. The minimum Gasteiger partial charge on any atom is -0.494 e. The molecule has 9 nitrogen and oxygen atoms in total. The van der Waals surface area contributed by atoms with Gasteiger partial charge in [-0.05, 0) is 81.7 Å². The number of hydrogen-bond donors (Lipinski definition) is 2. The van der Waals surface area contributed by atoms with Gasteiger partial charge in [0.25, 0.3) is 5.91 Å². The second-order valence-corrected chi connectivity index (χ2v) is 13.2. The van der Waals surface area contributed by atoms with Crippen LogP contribution in [0.15, 0.2) is 142 Å². The number of benzene rings is 5. The van der Waals surface area contributed by atoms with Crippen molar-refractivity contribution in [3.8, 4) is 16.9 Å². The fraction of sp³-hybridized carbons (Fsp3) is 0.220. The molecule has 5 aromatic carbocycles. The fourth-order valence-corrected chi connectivity index (χ4v) is 6.43. The Morgan fingerprint density at radius 3 is 2.25 bits per heavy atom. The van der Waals surface area contributed by atoms with E-state index in [0.717, 1.165) is 37.9 Å². The van der Waals surface area contributed by atoms with Crippen molar-refractivity contribution in [1.82, 2.24) is 5.32 Å². The summed E-state index contributed by atoms with van der Waals surface area (Å²) in [6, 6.07) is 41.2. The van der Waals surface area contributed by atoms with Crippen molar-refractivity contribution in [3.05, 3.63) is 170 Å². The summed E-state index contributed by atoms with van der Waals surface area (Å²) >= 11 is 3.49. The number of nitrogens with zero attached hydrogens (tertiary/aromatic N) is 4. The van der Waals surface area contributed by atoms with Crippen LogP contribution in [0.25, 0.3) is 21.6 Å². The van der Waals surface area contributed by atoms with E-state index in [9.17, 15) is 4.79 Å². The molecule has 0 aromatic heterocycles.